The average molecular weight is 383 g/mol. The highest BCUT2D eigenvalue weighted by Crippen LogP contribution is 2.24. The van der Waals surface area contributed by atoms with Gasteiger partial charge in [-0.25, -0.2) is 4.98 Å². The molecule has 0 spiro atoms. The first-order valence-corrected chi connectivity index (χ1v) is 9.84. The molecule has 0 N–H and O–H groups in total. The number of nitrogens with zero attached hydrogens (tertiary/aromatic N) is 5. The Morgan fingerprint density at radius 2 is 1.93 bits per heavy atom. The van der Waals surface area contributed by atoms with Crippen molar-refractivity contribution in [3.05, 3.63) is 52.3 Å². The number of benzene rings is 1. The third kappa shape index (κ3) is 3.63. The van der Waals surface area contributed by atoms with E-state index in [-0.39, 0.29) is 11.9 Å². The van der Waals surface area contributed by atoms with E-state index in [1.165, 1.54) is 11.3 Å². The summed E-state index contributed by atoms with van der Waals surface area (Å²) in [6, 6.07) is 9.81. The fourth-order valence-corrected chi connectivity index (χ4v) is 4.00. The van der Waals surface area contributed by atoms with Crippen LogP contribution >= 0.6 is 11.3 Å². The van der Waals surface area contributed by atoms with E-state index < -0.39 is 0 Å². The molecule has 0 bridgehead atoms. The van der Waals surface area contributed by atoms with Crippen molar-refractivity contribution in [3.63, 3.8) is 0 Å². The summed E-state index contributed by atoms with van der Waals surface area (Å²) in [6.45, 7) is 6.84. The SMILES string of the molecule is Cc1ncsc1C(=O)N1CCN(C(C)c2nc(-c3ccccc3)no2)CC1. The summed E-state index contributed by atoms with van der Waals surface area (Å²) in [5.74, 6) is 1.28. The third-order valence-corrected chi connectivity index (χ3v) is 5.84. The zero-order chi connectivity index (χ0) is 18.8. The van der Waals surface area contributed by atoms with Crippen LogP contribution in [0, 0.1) is 6.92 Å². The number of amides is 1. The fourth-order valence-electron chi connectivity index (χ4n) is 3.23. The van der Waals surface area contributed by atoms with Crippen LogP contribution in [0.2, 0.25) is 0 Å². The first-order valence-electron chi connectivity index (χ1n) is 8.96. The van der Waals surface area contributed by atoms with E-state index in [9.17, 15) is 4.79 Å². The number of piperazine rings is 1. The molecule has 1 unspecified atom stereocenters. The number of hydrogen-bond acceptors (Lipinski definition) is 7. The molecule has 1 aromatic carbocycles. The highest BCUT2D eigenvalue weighted by Gasteiger charge is 2.29. The minimum Gasteiger partial charge on any atom is -0.337 e. The van der Waals surface area contributed by atoms with Crippen molar-refractivity contribution in [2.45, 2.75) is 19.9 Å². The van der Waals surface area contributed by atoms with Gasteiger partial charge in [0.05, 0.1) is 17.2 Å². The van der Waals surface area contributed by atoms with Gasteiger partial charge in [-0.1, -0.05) is 35.5 Å². The second kappa shape index (κ2) is 7.58. The summed E-state index contributed by atoms with van der Waals surface area (Å²) in [7, 11) is 0. The third-order valence-electron chi connectivity index (χ3n) is 4.92. The van der Waals surface area contributed by atoms with Gasteiger partial charge >= 0.3 is 0 Å². The molecule has 4 rings (SSSR count). The van der Waals surface area contributed by atoms with E-state index in [0.29, 0.717) is 24.8 Å². The van der Waals surface area contributed by atoms with Crippen molar-refractivity contribution in [2.75, 3.05) is 26.2 Å². The Labute approximate surface area is 161 Å². The molecule has 0 radical (unpaired) electrons. The van der Waals surface area contributed by atoms with Gasteiger partial charge in [0.25, 0.3) is 5.91 Å². The standard InChI is InChI=1S/C19H21N5O2S/c1-13-16(27-12-20-13)19(25)24-10-8-23(9-11-24)14(2)18-21-17(22-26-18)15-6-4-3-5-7-15/h3-7,12,14H,8-11H2,1-2H3. The van der Waals surface area contributed by atoms with E-state index in [1.807, 2.05) is 42.2 Å². The van der Waals surface area contributed by atoms with Gasteiger partial charge in [-0.2, -0.15) is 4.98 Å². The number of aromatic nitrogens is 3. The van der Waals surface area contributed by atoms with Crippen molar-refractivity contribution in [1.29, 1.82) is 0 Å². The van der Waals surface area contributed by atoms with Crippen LogP contribution < -0.4 is 0 Å². The van der Waals surface area contributed by atoms with E-state index in [0.717, 1.165) is 29.2 Å². The van der Waals surface area contributed by atoms with Crippen LogP contribution in [0.5, 0.6) is 0 Å². The van der Waals surface area contributed by atoms with Gasteiger partial charge in [0.1, 0.15) is 4.88 Å². The molecule has 0 aliphatic carbocycles. The molecule has 7 nitrogen and oxygen atoms in total. The molecule has 2 aromatic heterocycles. The minimum absolute atomic E-state index is 0.0114. The second-order valence-electron chi connectivity index (χ2n) is 6.59. The largest absolute Gasteiger partial charge is 0.337 e. The summed E-state index contributed by atoms with van der Waals surface area (Å²) in [5, 5.41) is 4.11. The molecule has 0 saturated carbocycles. The molecule has 1 atom stereocenters. The number of rotatable bonds is 4. The Balaban J connectivity index is 1.39. The molecule has 8 heteroatoms. The molecule has 27 heavy (non-hydrogen) atoms. The molecular weight excluding hydrogens is 362 g/mol. The Hall–Kier alpha value is -2.58. The number of carbonyl (C=O) groups is 1. The van der Waals surface area contributed by atoms with E-state index in [1.54, 1.807) is 5.51 Å². The quantitative estimate of drug-likeness (QED) is 0.689. The molecule has 1 amide bonds. The van der Waals surface area contributed by atoms with Crippen LogP contribution in [-0.4, -0.2) is 57.0 Å². The molecule has 1 saturated heterocycles. The Morgan fingerprint density at radius 1 is 1.19 bits per heavy atom. The lowest BCUT2D eigenvalue weighted by Gasteiger charge is -2.36. The highest BCUT2D eigenvalue weighted by molar-refractivity contribution is 7.11. The molecule has 1 aliphatic rings. The number of thiazole rings is 1. The number of hydrogen-bond donors (Lipinski definition) is 0. The lowest BCUT2D eigenvalue weighted by Crippen LogP contribution is -2.49. The summed E-state index contributed by atoms with van der Waals surface area (Å²) in [5.41, 5.74) is 3.47. The smallest absolute Gasteiger partial charge is 0.265 e. The van der Waals surface area contributed by atoms with E-state index in [4.69, 9.17) is 4.52 Å². The maximum absolute atomic E-state index is 12.6. The lowest BCUT2D eigenvalue weighted by molar-refractivity contribution is 0.0555. The van der Waals surface area contributed by atoms with Crippen LogP contribution in [0.3, 0.4) is 0 Å². The van der Waals surface area contributed by atoms with Gasteiger partial charge in [-0.3, -0.25) is 9.69 Å². The van der Waals surface area contributed by atoms with Gasteiger partial charge in [-0.05, 0) is 13.8 Å². The molecule has 1 fully saturated rings. The second-order valence-corrected chi connectivity index (χ2v) is 7.45. The Bertz CT molecular complexity index is 915. The first kappa shape index (κ1) is 17.8. The molecule has 140 valence electrons. The zero-order valence-corrected chi connectivity index (χ0v) is 16.1. The zero-order valence-electron chi connectivity index (χ0n) is 15.3. The van der Waals surface area contributed by atoms with Crippen molar-refractivity contribution >= 4 is 17.2 Å². The fraction of sp³-hybridized carbons (Fsp3) is 0.368. The van der Waals surface area contributed by atoms with Crippen LogP contribution in [0.15, 0.2) is 40.4 Å². The van der Waals surface area contributed by atoms with Crippen molar-refractivity contribution in [3.8, 4) is 11.4 Å². The molecule has 3 aromatic rings. The minimum atomic E-state index is 0.0114. The van der Waals surface area contributed by atoms with Crippen LogP contribution in [0.25, 0.3) is 11.4 Å². The van der Waals surface area contributed by atoms with Crippen molar-refractivity contribution in [2.24, 2.45) is 0 Å². The van der Waals surface area contributed by atoms with Crippen LogP contribution in [0.4, 0.5) is 0 Å². The summed E-state index contributed by atoms with van der Waals surface area (Å²) in [6.07, 6.45) is 0. The lowest BCUT2D eigenvalue weighted by atomic mass is 10.2. The maximum Gasteiger partial charge on any atom is 0.265 e. The highest BCUT2D eigenvalue weighted by atomic mass is 32.1. The van der Waals surface area contributed by atoms with Gasteiger partial charge < -0.3 is 9.42 Å². The molecule has 1 aliphatic heterocycles. The van der Waals surface area contributed by atoms with Crippen molar-refractivity contribution < 1.29 is 9.32 Å². The first-order chi connectivity index (χ1) is 13.1. The van der Waals surface area contributed by atoms with Gasteiger partial charge in [-0.15, -0.1) is 11.3 Å². The average Bonchev–Trinajstić information content (AvgIpc) is 3.37. The molecular formula is C19H21N5O2S. The van der Waals surface area contributed by atoms with Crippen LogP contribution in [0.1, 0.15) is 34.2 Å². The van der Waals surface area contributed by atoms with Gasteiger partial charge in [0.2, 0.25) is 11.7 Å². The summed E-state index contributed by atoms with van der Waals surface area (Å²) >= 11 is 1.41. The van der Waals surface area contributed by atoms with Gasteiger partial charge in [0, 0.05) is 31.7 Å². The topological polar surface area (TPSA) is 75.4 Å². The summed E-state index contributed by atoms with van der Waals surface area (Å²) in [4.78, 5) is 26.3. The Kier molecular flexibility index (Phi) is 5.00. The number of aryl methyl sites for hydroxylation is 1. The summed E-state index contributed by atoms with van der Waals surface area (Å²) < 4.78 is 5.49. The van der Waals surface area contributed by atoms with Gasteiger partial charge in [0.15, 0.2) is 0 Å². The van der Waals surface area contributed by atoms with E-state index in [2.05, 4.69) is 26.9 Å². The predicted octanol–water partition coefficient (Wildman–Crippen LogP) is 3.02. The van der Waals surface area contributed by atoms with Crippen LogP contribution in [-0.2, 0) is 0 Å². The Morgan fingerprint density at radius 3 is 2.59 bits per heavy atom. The molecule has 3 heterocycles. The van der Waals surface area contributed by atoms with E-state index >= 15 is 0 Å². The van der Waals surface area contributed by atoms with Crippen molar-refractivity contribution in [1.82, 2.24) is 24.9 Å². The number of carbonyl (C=O) groups excluding carboxylic acids is 1. The predicted molar refractivity (Wildman–Crippen MR) is 102 cm³/mol. The maximum atomic E-state index is 12.6. The normalized spacial score (nSPS) is 16.4. The monoisotopic (exact) mass is 383 g/mol.